The fraction of sp³-hybridized carbons (Fsp3) is 0.263. The molecule has 2 atom stereocenters. The number of rotatable bonds is 3. The van der Waals surface area contributed by atoms with Gasteiger partial charge < -0.3 is 15.3 Å². The van der Waals surface area contributed by atoms with Crippen molar-refractivity contribution in [3.63, 3.8) is 0 Å². The number of carbonyl (C=O) groups is 2. The molecule has 0 saturated carbocycles. The van der Waals surface area contributed by atoms with Crippen LogP contribution in [0.25, 0.3) is 0 Å². The Hall–Kier alpha value is -2.66. The van der Waals surface area contributed by atoms with Crippen molar-refractivity contribution in [3.8, 4) is 0 Å². The maximum absolute atomic E-state index is 12.4. The van der Waals surface area contributed by atoms with Crippen molar-refractivity contribution in [1.82, 2.24) is 5.32 Å². The van der Waals surface area contributed by atoms with Crippen molar-refractivity contribution >= 4 is 17.5 Å². The SMILES string of the molecule is CC(=O)N1CC[C@H](NC(=O)[C@H](O)c2ccccc2)c2ccccc21. The molecule has 5 heteroatoms. The maximum Gasteiger partial charge on any atom is 0.253 e. The zero-order valence-corrected chi connectivity index (χ0v) is 13.5. The first-order valence-electron chi connectivity index (χ1n) is 7.98. The van der Waals surface area contributed by atoms with Gasteiger partial charge in [-0.25, -0.2) is 0 Å². The number of benzene rings is 2. The second kappa shape index (κ2) is 6.84. The summed E-state index contributed by atoms with van der Waals surface area (Å²) in [5.74, 6) is -0.450. The van der Waals surface area contributed by atoms with Crippen LogP contribution in [0.15, 0.2) is 54.6 Å². The van der Waals surface area contributed by atoms with Crippen LogP contribution in [-0.4, -0.2) is 23.5 Å². The molecule has 3 rings (SSSR count). The third-order valence-electron chi connectivity index (χ3n) is 4.30. The summed E-state index contributed by atoms with van der Waals surface area (Å²) in [6.45, 7) is 2.08. The first kappa shape index (κ1) is 16.2. The standard InChI is InChI=1S/C19H20N2O3/c1-13(22)21-12-11-16(15-9-5-6-10-17(15)21)20-19(24)18(23)14-7-3-2-4-8-14/h2-10,16,18,23H,11-12H2,1H3,(H,20,24)/t16-,18+/m0/s1. The second-order valence-electron chi connectivity index (χ2n) is 5.89. The van der Waals surface area contributed by atoms with E-state index in [1.807, 2.05) is 30.3 Å². The number of fused-ring (bicyclic) bond motifs is 1. The highest BCUT2D eigenvalue weighted by Crippen LogP contribution is 2.34. The van der Waals surface area contributed by atoms with Crippen molar-refractivity contribution in [3.05, 3.63) is 65.7 Å². The van der Waals surface area contributed by atoms with E-state index in [-0.39, 0.29) is 11.9 Å². The molecule has 24 heavy (non-hydrogen) atoms. The number of hydrogen-bond donors (Lipinski definition) is 2. The number of amides is 2. The molecule has 0 spiro atoms. The van der Waals surface area contributed by atoms with Gasteiger partial charge in [-0.05, 0) is 23.6 Å². The molecular formula is C19H20N2O3. The summed E-state index contributed by atoms with van der Waals surface area (Å²) < 4.78 is 0. The van der Waals surface area contributed by atoms with Gasteiger partial charge in [-0.1, -0.05) is 48.5 Å². The molecule has 2 amide bonds. The molecule has 0 unspecified atom stereocenters. The van der Waals surface area contributed by atoms with Crippen molar-refractivity contribution < 1.29 is 14.7 Å². The smallest absolute Gasteiger partial charge is 0.253 e. The normalized spacial score (nSPS) is 17.8. The monoisotopic (exact) mass is 324 g/mol. The summed E-state index contributed by atoms with van der Waals surface area (Å²) in [5.41, 5.74) is 2.27. The molecule has 2 aromatic carbocycles. The Kier molecular flexibility index (Phi) is 4.62. The summed E-state index contributed by atoms with van der Waals surface area (Å²) in [5, 5.41) is 13.1. The highest BCUT2D eigenvalue weighted by Gasteiger charge is 2.29. The number of anilines is 1. The van der Waals surface area contributed by atoms with Gasteiger partial charge in [0.1, 0.15) is 0 Å². The van der Waals surface area contributed by atoms with E-state index in [4.69, 9.17) is 0 Å². The topological polar surface area (TPSA) is 69.6 Å². The summed E-state index contributed by atoms with van der Waals surface area (Å²) in [6.07, 6.45) is -0.590. The lowest BCUT2D eigenvalue weighted by Crippen LogP contribution is -2.41. The molecular weight excluding hydrogens is 304 g/mol. The van der Waals surface area contributed by atoms with Crippen molar-refractivity contribution in [2.24, 2.45) is 0 Å². The lowest BCUT2D eigenvalue weighted by atomic mass is 9.95. The molecule has 124 valence electrons. The molecule has 0 radical (unpaired) electrons. The number of nitrogens with zero attached hydrogens (tertiary/aromatic N) is 1. The third kappa shape index (κ3) is 3.16. The van der Waals surface area contributed by atoms with Gasteiger partial charge in [0.15, 0.2) is 6.10 Å². The third-order valence-corrected chi connectivity index (χ3v) is 4.30. The summed E-state index contributed by atoms with van der Waals surface area (Å²) in [7, 11) is 0. The van der Waals surface area contributed by atoms with Gasteiger partial charge in [-0.3, -0.25) is 9.59 Å². The predicted molar refractivity (Wildman–Crippen MR) is 91.4 cm³/mol. The number of nitrogens with one attached hydrogen (secondary N) is 1. The zero-order chi connectivity index (χ0) is 17.1. The van der Waals surface area contributed by atoms with Crippen LogP contribution >= 0.6 is 0 Å². The zero-order valence-electron chi connectivity index (χ0n) is 13.5. The van der Waals surface area contributed by atoms with Crippen LogP contribution in [0.5, 0.6) is 0 Å². The van der Waals surface area contributed by atoms with Gasteiger partial charge in [0, 0.05) is 19.2 Å². The fourth-order valence-electron chi connectivity index (χ4n) is 3.08. The van der Waals surface area contributed by atoms with Crippen molar-refractivity contribution in [2.45, 2.75) is 25.5 Å². The molecule has 2 N–H and O–H groups in total. The molecule has 1 aliphatic rings. The number of para-hydroxylation sites is 1. The van der Waals surface area contributed by atoms with Crippen LogP contribution in [0.3, 0.4) is 0 Å². The highest BCUT2D eigenvalue weighted by atomic mass is 16.3. The van der Waals surface area contributed by atoms with Crippen LogP contribution in [0, 0.1) is 0 Å². The fourth-order valence-corrected chi connectivity index (χ4v) is 3.08. The van der Waals surface area contributed by atoms with Crippen LogP contribution < -0.4 is 10.2 Å². The minimum absolute atomic E-state index is 0.0171. The first-order chi connectivity index (χ1) is 11.6. The minimum Gasteiger partial charge on any atom is -0.378 e. The lowest BCUT2D eigenvalue weighted by Gasteiger charge is -2.34. The molecule has 1 heterocycles. The molecule has 0 bridgehead atoms. The number of carbonyl (C=O) groups excluding carboxylic acids is 2. The molecule has 0 aliphatic carbocycles. The van der Waals surface area contributed by atoms with Gasteiger partial charge in [0.2, 0.25) is 5.91 Å². The van der Waals surface area contributed by atoms with E-state index in [1.54, 1.807) is 29.2 Å². The summed E-state index contributed by atoms with van der Waals surface area (Å²) in [4.78, 5) is 25.9. The molecule has 5 nitrogen and oxygen atoms in total. The quantitative estimate of drug-likeness (QED) is 0.910. The molecule has 0 saturated heterocycles. The van der Waals surface area contributed by atoms with Crippen molar-refractivity contribution in [2.75, 3.05) is 11.4 Å². The van der Waals surface area contributed by atoms with Crippen LogP contribution in [-0.2, 0) is 9.59 Å². The van der Waals surface area contributed by atoms with Gasteiger partial charge in [-0.15, -0.1) is 0 Å². The predicted octanol–water partition coefficient (Wildman–Crippen LogP) is 2.33. The van der Waals surface area contributed by atoms with Gasteiger partial charge in [0.25, 0.3) is 5.91 Å². The van der Waals surface area contributed by atoms with Gasteiger partial charge >= 0.3 is 0 Å². The number of aliphatic hydroxyl groups is 1. The van der Waals surface area contributed by atoms with E-state index >= 15 is 0 Å². The Morgan fingerprint density at radius 2 is 1.79 bits per heavy atom. The Bertz CT molecular complexity index is 745. The van der Waals surface area contributed by atoms with Crippen LogP contribution in [0.4, 0.5) is 5.69 Å². The Morgan fingerprint density at radius 3 is 2.50 bits per heavy atom. The van der Waals surface area contributed by atoms with Gasteiger partial charge in [0.05, 0.1) is 6.04 Å². The van der Waals surface area contributed by atoms with Crippen LogP contribution in [0.2, 0.25) is 0 Å². The molecule has 0 fully saturated rings. The van der Waals surface area contributed by atoms with Crippen LogP contribution in [0.1, 0.15) is 36.6 Å². The highest BCUT2D eigenvalue weighted by molar-refractivity contribution is 5.93. The molecule has 1 aliphatic heterocycles. The van der Waals surface area contributed by atoms with E-state index in [2.05, 4.69) is 5.32 Å². The average Bonchev–Trinajstić information content (AvgIpc) is 2.61. The van der Waals surface area contributed by atoms with E-state index in [1.165, 1.54) is 6.92 Å². The second-order valence-corrected chi connectivity index (χ2v) is 5.89. The van der Waals surface area contributed by atoms with E-state index in [9.17, 15) is 14.7 Å². The maximum atomic E-state index is 12.4. The average molecular weight is 324 g/mol. The van der Waals surface area contributed by atoms with E-state index in [0.29, 0.717) is 18.5 Å². The Morgan fingerprint density at radius 1 is 1.12 bits per heavy atom. The largest absolute Gasteiger partial charge is 0.378 e. The van der Waals surface area contributed by atoms with E-state index in [0.717, 1.165) is 11.3 Å². The summed E-state index contributed by atoms with van der Waals surface area (Å²) >= 11 is 0. The van der Waals surface area contributed by atoms with Crippen molar-refractivity contribution in [1.29, 1.82) is 0 Å². The Balaban J connectivity index is 1.79. The molecule has 0 aromatic heterocycles. The Labute approximate surface area is 140 Å². The lowest BCUT2D eigenvalue weighted by molar-refractivity contribution is -0.130. The minimum atomic E-state index is -1.20. The number of hydrogen-bond acceptors (Lipinski definition) is 3. The summed E-state index contributed by atoms with van der Waals surface area (Å²) in [6, 6.07) is 16.2. The number of aliphatic hydroxyl groups excluding tert-OH is 1. The van der Waals surface area contributed by atoms with E-state index < -0.39 is 12.0 Å². The molecule has 2 aromatic rings. The van der Waals surface area contributed by atoms with Gasteiger partial charge in [-0.2, -0.15) is 0 Å². The first-order valence-corrected chi connectivity index (χ1v) is 7.98.